The van der Waals surface area contributed by atoms with Crippen molar-refractivity contribution in [3.63, 3.8) is 0 Å². The maximum atomic E-state index is 12.3. The summed E-state index contributed by atoms with van der Waals surface area (Å²) < 4.78 is 23.5. The molecule has 134 valence electrons. The van der Waals surface area contributed by atoms with E-state index in [1.165, 1.54) is 0 Å². The van der Waals surface area contributed by atoms with Gasteiger partial charge in [0.05, 0.1) is 11.5 Å². The van der Waals surface area contributed by atoms with Crippen LogP contribution in [0.1, 0.15) is 43.4 Å². The number of hydrogen-bond acceptors (Lipinski definition) is 6. The van der Waals surface area contributed by atoms with Crippen LogP contribution in [0, 0.1) is 12.8 Å². The van der Waals surface area contributed by atoms with E-state index in [-0.39, 0.29) is 23.5 Å². The first-order valence-corrected chi connectivity index (χ1v) is 10.1. The molecular weight excluding hydrogens is 328 g/mol. The van der Waals surface area contributed by atoms with Gasteiger partial charge in [-0.15, -0.1) is 0 Å². The van der Waals surface area contributed by atoms with Crippen LogP contribution in [0.2, 0.25) is 0 Å². The molecular formula is C16H26N4O3S. The third-order valence-electron chi connectivity index (χ3n) is 3.99. The summed E-state index contributed by atoms with van der Waals surface area (Å²) in [6.45, 7) is 8.97. The Balaban J connectivity index is 2.24. The van der Waals surface area contributed by atoms with Crippen LogP contribution >= 0.6 is 0 Å². The molecule has 1 saturated heterocycles. The Morgan fingerprint density at radius 3 is 2.67 bits per heavy atom. The third kappa shape index (κ3) is 4.66. The molecule has 24 heavy (non-hydrogen) atoms. The van der Waals surface area contributed by atoms with Crippen LogP contribution in [0.15, 0.2) is 6.07 Å². The molecule has 1 aliphatic rings. The van der Waals surface area contributed by atoms with Crippen molar-refractivity contribution in [3.8, 4) is 0 Å². The molecule has 1 aromatic heterocycles. The van der Waals surface area contributed by atoms with Gasteiger partial charge in [-0.2, -0.15) is 0 Å². The molecule has 1 aliphatic heterocycles. The highest BCUT2D eigenvalue weighted by molar-refractivity contribution is 7.91. The van der Waals surface area contributed by atoms with Crippen LogP contribution in [0.25, 0.3) is 0 Å². The van der Waals surface area contributed by atoms with Gasteiger partial charge in [0, 0.05) is 24.8 Å². The number of rotatable bonds is 6. The SMILES string of the molecule is CCN(c1nc(C)cc(C(=O)NCC(C)C)n1)C1CCS(=O)(=O)C1. The van der Waals surface area contributed by atoms with Crippen molar-refractivity contribution in [1.29, 1.82) is 0 Å². The molecule has 7 nitrogen and oxygen atoms in total. The predicted octanol–water partition coefficient (Wildman–Crippen LogP) is 1.18. The molecule has 1 unspecified atom stereocenters. The molecule has 1 aromatic rings. The number of aryl methyl sites for hydroxylation is 1. The Morgan fingerprint density at radius 1 is 1.42 bits per heavy atom. The lowest BCUT2D eigenvalue weighted by Crippen LogP contribution is -2.38. The van der Waals surface area contributed by atoms with Gasteiger partial charge >= 0.3 is 0 Å². The number of carbonyl (C=O) groups excluding carboxylic acids is 1. The first kappa shape index (κ1) is 18.6. The van der Waals surface area contributed by atoms with E-state index in [1.807, 2.05) is 32.6 Å². The van der Waals surface area contributed by atoms with Crippen LogP contribution in [0.4, 0.5) is 5.95 Å². The quantitative estimate of drug-likeness (QED) is 0.825. The lowest BCUT2D eigenvalue weighted by atomic mass is 10.2. The highest BCUT2D eigenvalue weighted by Crippen LogP contribution is 2.22. The van der Waals surface area contributed by atoms with E-state index >= 15 is 0 Å². The minimum Gasteiger partial charge on any atom is -0.350 e. The number of hydrogen-bond donors (Lipinski definition) is 1. The van der Waals surface area contributed by atoms with E-state index in [0.717, 1.165) is 0 Å². The van der Waals surface area contributed by atoms with Gasteiger partial charge < -0.3 is 10.2 Å². The maximum absolute atomic E-state index is 12.3. The molecule has 0 spiro atoms. The fraction of sp³-hybridized carbons (Fsp3) is 0.688. The normalized spacial score (nSPS) is 19.5. The van der Waals surface area contributed by atoms with Gasteiger partial charge in [0.25, 0.3) is 5.91 Å². The molecule has 1 atom stereocenters. The summed E-state index contributed by atoms with van der Waals surface area (Å²) in [6, 6.07) is 1.52. The number of nitrogens with one attached hydrogen (secondary N) is 1. The van der Waals surface area contributed by atoms with Gasteiger partial charge in [-0.25, -0.2) is 18.4 Å². The van der Waals surface area contributed by atoms with Gasteiger partial charge in [-0.05, 0) is 32.3 Å². The van der Waals surface area contributed by atoms with Crippen molar-refractivity contribution in [2.45, 2.75) is 40.2 Å². The largest absolute Gasteiger partial charge is 0.350 e. The second kappa shape index (κ2) is 7.46. The van der Waals surface area contributed by atoms with E-state index in [4.69, 9.17) is 0 Å². The minimum absolute atomic E-state index is 0.118. The Kier molecular flexibility index (Phi) is 5.79. The summed E-state index contributed by atoms with van der Waals surface area (Å²) >= 11 is 0. The summed E-state index contributed by atoms with van der Waals surface area (Å²) in [7, 11) is -2.99. The van der Waals surface area contributed by atoms with Crippen molar-refractivity contribution in [1.82, 2.24) is 15.3 Å². The predicted molar refractivity (Wildman–Crippen MR) is 94.0 cm³/mol. The summed E-state index contributed by atoms with van der Waals surface area (Å²) in [6.07, 6.45) is 0.572. The van der Waals surface area contributed by atoms with Gasteiger partial charge in [0.2, 0.25) is 5.95 Å². The first-order valence-electron chi connectivity index (χ1n) is 8.32. The van der Waals surface area contributed by atoms with Crippen LogP contribution < -0.4 is 10.2 Å². The number of sulfone groups is 1. The fourth-order valence-corrected chi connectivity index (χ4v) is 4.50. The molecule has 0 aromatic carbocycles. The van der Waals surface area contributed by atoms with Crippen molar-refractivity contribution in [3.05, 3.63) is 17.5 Å². The number of nitrogens with zero attached hydrogens (tertiary/aromatic N) is 3. The van der Waals surface area contributed by atoms with Crippen molar-refractivity contribution >= 4 is 21.7 Å². The van der Waals surface area contributed by atoms with E-state index in [0.29, 0.717) is 42.8 Å². The molecule has 1 N–H and O–H groups in total. The average molecular weight is 354 g/mol. The van der Waals surface area contributed by atoms with Gasteiger partial charge in [-0.3, -0.25) is 4.79 Å². The third-order valence-corrected chi connectivity index (χ3v) is 5.74. The van der Waals surface area contributed by atoms with Gasteiger partial charge in [-0.1, -0.05) is 13.8 Å². The van der Waals surface area contributed by atoms with Crippen LogP contribution in [0.5, 0.6) is 0 Å². The number of amides is 1. The summed E-state index contributed by atoms with van der Waals surface area (Å²) in [5.74, 6) is 0.862. The molecule has 1 fully saturated rings. The van der Waals surface area contributed by atoms with Gasteiger partial charge in [0.15, 0.2) is 9.84 Å². The zero-order chi connectivity index (χ0) is 17.9. The summed E-state index contributed by atoms with van der Waals surface area (Å²) in [4.78, 5) is 23.0. The second-order valence-electron chi connectivity index (χ2n) is 6.64. The smallest absolute Gasteiger partial charge is 0.270 e. The van der Waals surface area contributed by atoms with E-state index in [1.54, 1.807) is 6.07 Å². The fourth-order valence-electron chi connectivity index (χ4n) is 2.77. The van der Waals surface area contributed by atoms with Crippen LogP contribution in [-0.4, -0.2) is 54.9 Å². The lowest BCUT2D eigenvalue weighted by Gasteiger charge is -2.27. The Bertz CT molecular complexity index is 703. The first-order chi connectivity index (χ1) is 11.2. The van der Waals surface area contributed by atoms with Crippen LogP contribution in [0.3, 0.4) is 0 Å². The number of aromatic nitrogens is 2. The maximum Gasteiger partial charge on any atom is 0.270 e. The highest BCUT2D eigenvalue weighted by atomic mass is 32.2. The zero-order valence-corrected chi connectivity index (χ0v) is 15.6. The van der Waals surface area contributed by atoms with Crippen molar-refractivity contribution < 1.29 is 13.2 Å². The number of carbonyl (C=O) groups is 1. The summed E-state index contributed by atoms with van der Waals surface area (Å²) in [5.41, 5.74) is 1.01. The van der Waals surface area contributed by atoms with E-state index in [2.05, 4.69) is 15.3 Å². The minimum atomic E-state index is -2.99. The Hall–Kier alpha value is -1.70. The molecule has 0 saturated carbocycles. The average Bonchev–Trinajstić information content (AvgIpc) is 2.85. The topological polar surface area (TPSA) is 92.3 Å². The van der Waals surface area contributed by atoms with Crippen molar-refractivity contribution in [2.24, 2.45) is 5.92 Å². The standard InChI is InChI=1S/C16H26N4O3S/c1-5-20(13-6-7-24(22,23)10-13)16-18-12(4)8-14(19-16)15(21)17-9-11(2)3/h8,11,13H,5-7,9-10H2,1-4H3,(H,17,21). The molecule has 0 bridgehead atoms. The van der Waals surface area contributed by atoms with Gasteiger partial charge in [0.1, 0.15) is 5.69 Å². The lowest BCUT2D eigenvalue weighted by molar-refractivity contribution is 0.0943. The Morgan fingerprint density at radius 2 is 2.12 bits per heavy atom. The Labute approximate surface area is 143 Å². The molecule has 1 amide bonds. The number of anilines is 1. The molecule has 0 aliphatic carbocycles. The van der Waals surface area contributed by atoms with Crippen molar-refractivity contribution in [2.75, 3.05) is 29.5 Å². The molecule has 0 radical (unpaired) electrons. The second-order valence-corrected chi connectivity index (χ2v) is 8.87. The van der Waals surface area contributed by atoms with Crippen LogP contribution in [-0.2, 0) is 9.84 Å². The monoisotopic (exact) mass is 354 g/mol. The highest BCUT2D eigenvalue weighted by Gasteiger charge is 2.33. The zero-order valence-electron chi connectivity index (χ0n) is 14.7. The van der Waals surface area contributed by atoms with E-state index in [9.17, 15) is 13.2 Å². The molecule has 2 rings (SSSR count). The van der Waals surface area contributed by atoms with E-state index < -0.39 is 9.84 Å². The molecule has 2 heterocycles. The summed E-state index contributed by atoms with van der Waals surface area (Å²) in [5, 5.41) is 2.85. The molecule has 8 heteroatoms.